The van der Waals surface area contributed by atoms with Crippen molar-refractivity contribution >= 4 is 21.8 Å². The molecule has 0 aliphatic heterocycles. The second-order valence-electron chi connectivity index (χ2n) is 3.65. The smallest absolute Gasteiger partial charge is 0.327 e. The molecule has 0 saturated carbocycles. The molecule has 1 rings (SSSR count). The first kappa shape index (κ1) is 13.5. The van der Waals surface area contributed by atoms with Gasteiger partial charge in [0.05, 0.1) is 0 Å². The molecule has 3 N–H and O–H groups in total. The van der Waals surface area contributed by atoms with Crippen LogP contribution in [-0.2, 0) is 14.9 Å². The molecule has 94 valence electrons. The molecule has 6 nitrogen and oxygen atoms in total. The minimum absolute atomic E-state index is 0.487. The van der Waals surface area contributed by atoms with Gasteiger partial charge in [0.2, 0.25) is 0 Å². The first-order valence-corrected chi connectivity index (χ1v) is 6.40. The highest BCUT2D eigenvalue weighted by Gasteiger charge is 2.23. The maximum atomic E-state index is 10.8. The number of benzene rings is 1. The number of hydrogen-bond donors (Lipinski definition) is 3. The number of aryl methyl sites for hydroxylation is 1. The van der Waals surface area contributed by atoms with Gasteiger partial charge in [-0.1, -0.05) is 12.1 Å². The second kappa shape index (κ2) is 5.15. The Morgan fingerprint density at radius 1 is 1.47 bits per heavy atom. The van der Waals surface area contributed by atoms with Gasteiger partial charge in [0, 0.05) is 5.69 Å². The molecule has 0 amide bonds. The maximum absolute atomic E-state index is 10.8. The van der Waals surface area contributed by atoms with Crippen LogP contribution in [-0.4, -0.2) is 35.8 Å². The standard InChI is InChI=1S/C10H13NO5S/c1-7-3-2-4-8(5-7)11-9(10(12)13)6-17(14,15)16/h2-5,9,11H,6H2,1H3,(H,12,13)(H,14,15,16). The van der Waals surface area contributed by atoms with E-state index in [0.717, 1.165) is 5.56 Å². The average Bonchev–Trinajstić information content (AvgIpc) is 2.14. The second-order valence-corrected chi connectivity index (χ2v) is 5.15. The zero-order chi connectivity index (χ0) is 13.1. The van der Waals surface area contributed by atoms with Crippen LogP contribution in [0.2, 0.25) is 0 Å². The first-order chi connectivity index (χ1) is 7.78. The van der Waals surface area contributed by atoms with Gasteiger partial charge in [-0.25, -0.2) is 4.79 Å². The molecule has 0 spiro atoms. The fourth-order valence-electron chi connectivity index (χ4n) is 1.32. The summed E-state index contributed by atoms with van der Waals surface area (Å²) in [5, 5.41) is 11.4. The zero-order valence-electron chi connectivity index (χ0n) is 9.12. The van der Waals surface area contributed by atoms with E-state index in [1.165, 1.54) is 0 Å². The van der Waals surface area contributed by atoms with Crippen LogP contribution in [0.25, 0.3) is 0 Å². The third-order valence-corrected chi connectivity index (χ3v) is 2.79. The van der Waals surface area contributed by atoms with Crippen molar-refractivity contribution in [3.8, 4) is 0 Å². The van der Waals surface area contributed by atoms with Crippen LogP contribution in [0.3, 0.4) is 0 Å². The van der Waals surface area contributed by atoms with E-state index in [0.29, 0.717) is 5.69 Å². The number of anilines is 1. The summed E-state index contributed by atoms with van der Waals surface area (Å²) in [6.07, 6.45) is 0. The molecule has 1 aromatic rings. The van der Waals surface area contributed by atoms with Crippen LogP contribution < -0.4 is 5.32 Å². The summed E-state index contributed by atoms with van der Waals surface area (Å²) in [6.45, 7) is 1.82. The molecule has 17 heavy (non-hydrogen) atoms. The Labute approximate surface area is 99.0 Å². The predicted molar refractivity (Wildman–Crippen MR) is 62.6 cm³/mol. The topological polar surface area (TPSA) is 104 Å². The SMILES string of the molecule is Cc1cccc(NC(CS(=O)(=O)O)C(=O)O)c1. The molecule has 1 aromatic carbocycles. The minimum Gasteiger partial charge on any atom is -0.480 e. The molecule has 1 unspecified atom stereocenters. The molecular weight excluding hydrogens is 246 g/mol. The summed E-state index contributed by atoms with van der Waals surface area (Å²) in [7, 11) is -4.34. The lowest BCUT2D eigenvalue weighted by Crippen LogP contribution is -2.36. The lowest BCUT2D eigenvalue weighted by molar-refractivity contribution is -0.137. The summed E-state index contributed by atoms with van der Waals surface area (Å²) in [6, 6.07) is 5.45. The lowest BCUT2D eigenvalue weighted by Gasteiger charge is -2.14. The van der Waals surface area contributed by atoms with Gasteiger partial charge in [0.15, 0.2) is 0 Å². The minimum atomic E-state index is -4.34. The van der Waals surface area contributed by atoms with Crippen molar-refractivity contribution in [2.45, 2.75) is 13.0 Å². The van der Waals surface area contributed by atoms with Crippen LogP contribution in [0, 0.1) is 6.92 Å². The number of aliphatic carboxylic acids is 1. The molecule has 0 saturated heterocycles. The third-order valence-electron chi connectivity index (χ3n) is 2.03. The normalized spacial score (nSPS) is 13.1. The molecule has 0 fully saturated rings. The number of carbonyl (C=O) groups is 1. The van der Waals surface area contributed by atoms with E-state index in [2.05, 4.69) is 5.32 Å². The Morgan fingerprint density at radius 3 is 2.59 bits per heavy atom. The molecular formula is C10H13NO5S. The lowest BCUT2D eigenvalue weighted by atomic mass is 10.2. The largest absolute Gasteiger partial charge is 0.480 e. The van der Waals surface area contributed by atoms with Crippen LogP contribution >= 0.6 is 0 Å². The van der Waals surface area contributed by atoms with Crippen LogP contribution in [0.15, 0.2) is 24.3 Å². The first-order valence-electron chi connectivity index (χ1n) is 4.79. The Bertz CT molecular complexity index is 511. The van der Waals surface area contributed by atoms with Gasteiger partial charge in [-0.2, -0.15) is 8.42 Å². The number of carboxylic acids is 1. The van der Waals surface area contributed by atoms with Gasteiger partial charge in [0.1, 0.15) is 11.8 Å². The van der Waals surface area contributed by atoms with Crippen LogP contribution in [0.1, 0.15) is 5.56 Å². The summed E-state index contributed by atoms with van der Waals surface area (Å²) in [5.74, 6) is -2.22. The van der Waals surface area contributed by atoms with Gasteiger partial charge in [-0.15, -0.1) is 0 Å². The summed E-state index contributed by atoms with van der Waals surface area (Å²) in [4.78, 5) is 10.8. The monoisotopic (exact) mass is 259 g/mol. The molecule has 0 bridgehead atoms. The van der Waals surface area contributed by atoms with E-state index >= 15 is 0 Å². The fourth-order valence-corrected chi connectivity index (χ4v) is 1.97. The van der Waals surface area contributed by atoms with Gasteiger partial charge in [-0.05, 0) is 24.6 Å². The van der Waals surface area contributed by atoms with E-state index in [-0.39, 0.29) is 0 Å². The summed E-state index contributed by atoms with van der Waals surface area (Å²) >= 11 is 0. The van der Waals surface area contributed by atoms with Crippen LogP contribution in [0.4, 0.5) is 5.69 Å². The molecule has 7 heteroatoms. The molecule has 0 aliphatic carbocycles. The Morgan fingerprint density at radius 2 is 2.12 bits per heavy atom. The van der Waals surface area contributed by atoms with E-state index in [4.69, 9.17) is 9.66 Å². The van der Waals surface area contributed by atoms with Crippen LogP contribution in [0.5, 0.6) is 0 Å². The molecule has 0 heterocycles. The van der Waals surface area contributed by atoms with E-state index in [9.17, 15) is 13.2 Å². The van der Waals surface area contributed by atoms with Crippen molar-refractivity contribution in [3.63, 3.8) is 0 Å². The Balaban J connectivity index is 2.84. The maximum Gasteiger partial charge on any atom is 0.327 e. The molecule has 0 radical (unpaired) electrons. The Kier molecular flexibility index (Phi) is 4.08. The van der Waals surface area contributed by atoms with Gasteiger partial charge in [-0.3, -0.25) is 4.55 Å². The highest BCUT2D eigenvalue weighted by Crippen LogP contribution is 2.11. The van der Waals surface area contributed by atoms with Gasteiger partial charge >= 0.3 is 5.97 Å². The molecule has 0 aromatic heterocycles. The number of hydrogen-bond acceptors (Lipinski definition) is 4. The van der Waals surface area contributed by atoms with Crippen molar-refractivity contribution in [1.29, 1.82) is 0 Å². The number of carboxylic acid groups (broad SMARTS) is 1. The molecule has 0 aliphatic rings. The van der Waals surface area contributed by atoms with Crippen molar-refractivity contribution in [2.75, 3.05) is 11.1 Å². The van der Waals surface area contributed by atoms with E-state index in [1.807, 2.05) is 13.0 Å². The Hall–Kier alpha value is -1.60. The fraction of sp³-hybridized carbons (Fsp3) is 0.300. The van der Waals surface area contributed by atoms with E-state index in [1.54, 1.807) is 18.2 Å². The summed E-state index contributed by atoms with van der Waals surface area (Å²) < 4.78 is 29.9. The average molecular weight is 259 g/mol. The van der Waals surface area contributed by atoms with Gasteiger partial charge in [0.25, 0.3) is 10.1 Å². The summed E-state index contributed by atoms with van der Waals surface area (Å²) in [5.41, 5.74) is 1.40. The van der Waals surface area contributed by atoms with Crippen molar-refractivity contribution in [1.82, 2.24) is 0 Å². The highest BCUT2D eigenvalue weighted by molar-refractivity contribution is 7.85. The van der Waals surface area contributed by atoms with Crippen molar-refractivity contribution in [3.05, 3.63) is 29.8 Å². The van der Waals surface area contributed by atoms with Crippen molar-refractivity contribution in [2.24, 2.45) is 0 Å². The third kappa shape index (κ3) is 4.83. The van der Waals surface area contributed by atoms with Gasteiger partial charge < -0.3 is 10.4 Å². The molecule has 1 atom stereocenters. The highest BCUT2D eigenvalue weighted by atomic mass is 32.2. The zero-order valence-corrected chi connectivity index (χ0v) is 9.94. The quantitative estimate of drug-likeness (QED) is 0.674. The number of rotatable bonds is 5. The van der Waals surface area contributed by atoms with Crippen molar-refractivity contribution < 1.29 is 22.9 Å². The predicted octanol–water partition coefficient (Wildman–Crippen LogP) is 0.748. The number of nitrogens with one attached hydrogen (secondary N) is 1. The van der Waals surface area contributed by atoms with E-state index < -0.39 is 27.9 Å².